The number of halogens is 1. The van der Waals surface area contributed by atoms with Gasteiger partial charge >= 0.3 is 0 Å². The Balaban J connectivity index is 2.12. The minimum Gasteiger partial charge on any atom is -0.293 e. The van der Waals surface area contributed by atoms with Gasteiger partial charge in [-0.1, -0.05) is 42.3 Å². The SMILES string of the molecule is O=C(c1ccc(Cl)c2ccccc12)C1CCCCS1(=O)=O. The minimum absolute atomic E-state index is 0.106. The molecule has 2 aromatic carbocycles. The molecule has 1 saturated heterocycles. The van der Waals surface area contributed by atoms with Crippen molar-refractivity contribution in [3.8, 4) is 0 Å². The molecule has 5 heteroatoms. The van der Waals surface area contributed by atoms with Crippen LogP contribution >= 0.6 is 11.6 Å². The van der Waals surface area contributed by atoms with Gasteiger partial charge in [-0.25, -0.2) is 8.42 Å². The third-order valence-electron chi connectivity index (χ3n) is 4.01. The zero-order valence-electron chi connectivity index (χ0n) is 11.4. The molecule has 0 radical (unpaired) electrons. The third kappa shape index (κ3) is 2.58. The van der Waals surface area contributed by atoms with E-state index in [9.17, 15) is 13.2 Å². The van der Waals surface area contributed by atoms with E-state index in [0.29, 0.717) is 23.4 Å². The zero-order chi connectivity index (χ0) is 15.0. The quantitative estimate of drug-likeness (QED) is 0.793. The Morgan fingerprint density at radius 2 is 1.76 bits per heavy atom. The normalized spacial score (nSPS) is 21.3. The summed E-state index contributed by atoms with van der Waals surface area (Å²) in [6.07, 6.45) is 1.84. The smallest absolute Gasteiger partial charge is 0.181 e. The molecule has 1 fully saturated rings. The second-order valence-corrected chi connectivity index (χ2v) is 8.07. The maximum atomic E-state index is 12.7. The second kappa shape index (κ2) is 5.43. The molecule has 0 aliphatic carbocycles. The number of ketones is 1. The van der Waals surface area contributed by atoms with Crippen LogP contribution in [0, 0.1) is 0 Å². The van der Waals surface area contributed by atoms with Gasteiger partial charge in [0.2, 0.25) is 0 Å². The first-order chi connectivity index (χ1) is 10.0. The van der Waals surface area contributed by atoms with Crippen LogP contribution in [-0.4, -0.2) is 25.2 Å². The number of fused-ring (bicyclic) bond motifs is 1. The highest BCUT2D eigenvalue weighted by Gasteiger charge is 2.35. The first-order valence-electron chi connectivity index (χ1n) is 6.94. The van der Waals surface area contributed by atoms with E-state index in [1.165, 1.54) is 0 Å². The topological polar surface area (TPSA) is 51.2 Å². The number of hydrogen-bond acceptors (Lipinski definition) is 3. The number of benzene rings is 2. The Bertz CT molecular complexity index is 811. The van der Waals surface area contributed by atoms with Gasteiger partial charge in [0.1, 0.15) is 5.25 Å². The van der Waals surface area contributed by atoms with E-state index in [0.717, 1.165) is 17.2 Å². The zero-order valence-corrected chi connectivity index (χ0v) is 13.0. The monoisotopic (exact) mass is 322 g/mol. The fourth-order valence-corrected chi connectivity index (χ4v) is 5.00. The van der Waals surface area contributed by atoms with Crippen LogP contribution in [0.15, 0.2) is 36.4 Å². The number of hydrogen-bond donors (Lipinski definition) is 0. The summed E-state index contributed by atoms with van der Waals surface area (Å²) in [4.78, 5) is 12.7. The van der Waals surface area contributed by atoms with Crippen LogP contribution in [0.5, 0.6) is 0 Å². The van der Waals surface area contributed by atoms with E-state index in [1.54, 1.807) is 12.1 Å². The summed E-state index contributed by atoms with van der Waals surface area (Å²) in [5.41, 5.74) is 0.450. The van der Waals surface area contributed by atoms with Crippen LogP contribution in [-0.2, 0) is 9.84 Å². The van der Waals surface area contributed by atoms with Gasteiger partial charge in [-0.05, 0) is 30.4 Å². The molecule has 0 N–H and O–H groups in total. The highest BCUT2D eigenvalue weighted by atomic mass is 35.5. The van der Waals surface area contributed by atoms with Crippen molar-refractivity contribution in [1.29, 1.82) is 0 Å². The summed E-state index contributed by atoms with van der Waals surface area (Å²) < 4.78 is 24.3. The summed E-state index contributed by atoms with van der Waals surface area (Å²) in [6, 6.07) is 10.6. The summed E-state index contributed by atoms with van der Waals surface area (Å²) in [5.74, 6) is -0.197. The molecule has 1 unspecified atom stereocenters. The molecule has 110 valence electrons. The molecule has 3 rings (SSSR count). The summed E-state index contributed by atoms with van der Waals surface area (Å²) in [7, 11) is -3.33. The highest BCUT2D eigenvalue weighted by molar-refractivity contribution is 7.92. The molecule has 21 heavy (non-hydrogen) atoms. The molecular formula is C16H15ClO3S. The lowest BCUT2D eigenvalue weighted by molar-refractivity contribution is 0.0983. The van der Waals surface area contributed by atoms with Gasteiger partial charge in [-0.15, -0.1) is 0 Å². The average Bonchev–Trinajstić information content (AvgIpc) is 2.47. The minimum atomic E-state index is -3.33. The molecule has 1 heterocycles. The molecule has 1 aliphatic heterocycles. The first kappa shape index (κ1) is 14.5. The van der Waals surface area contributed by atoms with Gasteiger partial charge < -0.3 is 0 Å². The van der Waals surface area contributed by atoms with Crippen molar-refractivity contribution in [3.63, 3.8) is 0 Å². The van der Waals surface area contributed by atoms with Crippen molar-refractivity contribution in [2.24, 2.45) is 0 Å². The van der Waals surface area contributed by atoms with Crippen LogP contribution in [0.25, 0.3) is 10.8 Å². The van der Waals surface area contributed by atoms with Gasteiger partial charge in [-0.3, -0.25) is 4.79 Å². The van der Waals surface area contributed by atoms with E-state index >= 15 is 0 Å². The molecular weight excluding hydrogens is 308 g/mol. The Labute approximate surface area is 128 Å². The first-order valence-corrected chi connectivity index (χ1v) is 9.03. The lowest BCUT2D eigenvalue weighted by atomic mass is 9.98. The Morgan fingerprint density at radius 3 is 2.48 bits per heavy atom. The van der Waals surface area contributed by atoms with Crippen LogP contribution in [0.4, 0.5) is 0 Å². The number of Topliss-reactive ketones (excluding diaryl/α,β-unsaturated/α-hetero) is 1. The number of carbonyl (C=O) groups is 1. The van der Waals surface area contributed by atoms with E-state index in [2.05, 4.69) is 0 Å². The number of rotatable bonds is 2. The summed E-state index contributed by atoms with van der Waals surface area (Å²) in [6.45, 7) is 0. The molecule has 3 nitrogen and oxygen atoms in total. The van der Waals surface area contributed by atoms with Crippen molar-refractivity contribution in [1.82, 2.24) is 0 Å². The fourth-order valence-electron chi connectivity index (χ4n) is 2.90. The lowest BCUT2D eigenvalue weighted by Gasteiger charge is -2.21. The van der Waals surface area contributed by atoms with Crippen molar-refractivity contribution in [2.45, 2.75) is 24.5 Å². The maximum absolute atomic E-state index is 12.7. The van der Waals surface area contributed by atoms with Gasteiger partial charge in [0, 0.05) is 16.0 Å². The predicted octanol–water partition coefficient (Wildman–Crippen LogP) is 3.64. The van der Waals surface area contributed by atoms with Crippen LogP contribution in [0.1, 0.15) is 29.6 Å². The molecule has 0 amide bonds. The van der Waals surface area contributed by atoms with Gasteiger partial charge in [0.15, 0.2) is 15.6 Å². The van der Waals surface area contributed by atoms with Gasteiger partial charge in [-0.2, -0.15) is 0 Å². The predicted molar refractivity (Wildman–Crippen MR) is 84.7 cm³/mol. The Morgan fingerprint density at radius 1 is 1.05 bits per heavy atom. The average molecular weight is 323 g/mol. The molecule has 1 atom stereocenters. The molecule has 0 bridgehead atoms. The largest absolute Gasteiger partial charge is 0.293 e. The van der Waals surface area contributed by atoms with E-state index in [1.807, 2.05) is 24.3 Å². The summed E-state index contributed by atoms with van der Waals surface area (Å²) >= 11 is 6.15. The highest BCUT2D eigenvalue weighted by Crippen LogP contribution is 2.30. The van der Waals surface area contributed by atoms with E-state index < -0.39 is 15.1 Å². The van der Waals surface area contributed by atoms with Crippen molar-refractivity contribution in [3.05, 3.63) is 47.0 Å². The second-order valence-electron chi connectivity index (χ2n) is 5.36. The van der Waals surface area contributed by atoms with Crippen LogP contribution in [0.2, 0.25) is 5.02 Å². The maximum Gasteiger partial charge on any atom is 0.181 e. The summed E-state index contributed by atoms with van der Waals surface area (Å²) in [5, 5.41) is 1.15. The van der Waals surface area contributed by atoms with Crippen molar-refractivity contribution in [2.75, 3.05) is 5.75 Å². The van der Waals surface area contributed by atoms with E-state index in [4.69, 9.17) is 11.6 Å². The number of sulfone groups is 1. The molecule has 2 aromatic rings. The van der Waals surface area contributed by atoms with Gasteiger partial charge in [0.05, 0.1) is 5.75 Å². The Kier molecular flexibility index (Phi) is 3.76. The molecule has 0 saturated carbocycles. The molecule has 0 aromatic heterocycles. The fraction of sp³-hybridized carbons (Fsp3) is 0.312. The lowest BCUT2D eigenvalue weighted by Crippen LogP contribution is -2.35. The van der Waals surface area contributed by atoms with Crippen LogP contribution in [0.3, 0.4) is 0 Å². The third-order valence-corrected chi connectivity index (χ3v) is 6.51. The van der Waals surface area contributed by atoms with Crippen LogP contribution < -0.4 is 0 Å². The standard InChI is InChI=1S/C16H15ClO3S/c17-14-9-8-13(11-5-1-2-6-12(11)14)16(18)15-7-3-4-10-21(15,19)20/h1-2,5-6,8-9,15H,3-4,7,10H2. The van der Waals surface area contributed by atoms with E-state index in [-0.39, 0.29) is 11.5 Å². The van der Waals surface area contributed by atoms with Gasteiger partial charge in [0.25, 0.3) is 0 Å². The molecule has 0 spiro atoms. The van der Waals surface area contributed by atoms with Crippen molar-refractivity contribution >= 4 is 38.0 Å². The Hall–Kier alpha value is -1.39. The molecule has 1 aliphatic rings. The van der Waals surface area contributed by atoms with Crippen molar-refractivity contribution < 1.29 is 13.2 Å². The number of carbonyl (C=O) groups excluding carboxylic acids is 1.